The van der Waals surface area contributed by atoms with Crippen molar-refractivity contribution in [1.29, 1.82) is 0 Å². The Bertz CT molecular complexity index is 1070. The van der Waals surface area contributed by atoms with Gasteiger partial charge in [0.25, 0.3) is 11.8 Å². The Balaban J connectivity index is 1.78. The lowest BCUT2D eigenvalue weighted by atomic mass is 10.1. The Hall–Kier alpha value is -3.61. The maximum Gasteiger partial charge on any atom is 0.274 e. The fourth-order valence-corrected chi connectivity index (χ4v) is 2.55. The molecule has 0 radical (unpaired) electrons. The molecule has 0 spiro atoms. The van der Waals surface area contributed by atoms with Crippen molar-refractivity contribution < 1.29 is 18.4 Å². The number of hydrogen-bond acceptors (Lipinski definition) is 3. The average molecular weight is 381 g/mol. The largest absolute Gasteiger partial charge is 0.322 e. The number of rotatable bonds is 4. The zero-order chi connectivity index (χ0) is 20.3. The summed E-state index contributed by atoms with van der Waals surface area (Å²) >= 11 is 0. The quantitative estimate of drug-likeness (QED) is 0.700. The minimum absolute atomic E-state index is 0.0719. The summed E-state index contributed by atoms with van der Waals surface area (Å²) in [5, 5.41) is 5.11. The van der Waals surface area contributed by atoms with Crippen molar-refractivity contribution in [3.05, 3.63) is 88.7 Å². The molecule has 7 heteroatoms. The van der Waals surface area contributed by atoms with E-state index in [1.165, 1.54) is 18.3 Å². The van der Waals surface area contributed by atoms with E-state index in [9.17, 15) is 18.4 Å². The number of nitrogens with one attached hydrogen (secondary N) is 2. The molecule has 3 rings (SSSR count). The molecule has 0 aliphatic rings. The van der Waals surface area contributed by atoms with Gasteiger partial charge in [-0.25, -0.2) is 8.78 Å². The molecule has 0 bridgehead atoms. The first kappa shape index (κ1) is 19.2. The van der Waals surface area contributed by atoms with E-state index in [4.69, 9.17) is 0 Å². The molecule has 0 fully saturated rings. The van der Waals surface area contributed by atoms with Gasteiger partial charge in [0.2, 0.25) is 0 Å². The van der Waals surface area contributed by atoms with E-state index >= 15 is 0 Å². The molecule has 0 aliphatic carbocycles. The van der Waals surface area contributed by atoms with Crippen LogP contribution in [0, 0.1) is 25.5 Å². The number of benzene rings is 2. The second kappa shape index (κ2) is 7.96. The third kappa shape index (κ3) is 4.20. The minimum Gasteiger partial charge on any atom is -0.322 e. The number of nitrogens with zero attached hydrogens (tertiary/aromatic N) is 1. The number of pyridine rings is 1. The molecule has 0 saturated carbocycles. The second-order valence-electron chi connectivity index (χ2n) is 6.21. The molecule has 3 aromatic rings. The van der Waals surface area contributed by atoms with Gasteiger partial charge in [-0.15, -0.1) is 0 Å². The summed E-state index contributed by atoms with van der Waals surface area (Å²) in [5.74, 6) is -2.78. The highest BCUT2D eigenvalue weighted by atomic mass is 19.1. The van der Waals surface area contributed by atoms with Crippen LogP contribution in [-0.2, 0) is 0 Å². The molecular weight excluding hydrogens is 364 g/mol. The Morgan fingerprint density at radius 2 is 1.64 bits per heavy atom. The SMILES string of the molecule is Cc1cccc(NC(=O)c2ccnc(C(=O)Nc3ccc(F)cc3F)c2)c1C. The van der Waals surface area contributed by atoms with Crippen molar-refractivity contribution in [2.75, 3.05) is 10.6 Å². The predicted molar refractivity (Wildman–Crippen MR) is 102 cm³/mol. The van der Waals surface area contributed by atoms with Gasteiger partial charge in [-0.05, 0) is 55.3 Å². The number of carbonyl (C=O) groups is 2. The third-order valence-corrected chi connectivity index (χ3v) is 4.29. The lowest BCUT2D eigenvalue weighted by Gasteiger charge is -2.11. The first-order valence-corrected chi connectivity index (χ1v) is 8.45. The summed E-state index contributed by atoms with van der Waals surface area (Å²) in [5.41, 5.74) is 2.61. The van der Waals surface area contributed by atoms with Crippen LogP contribution < -0.4 is 10.6 Å². The fourth-order valence-electron chi connectivity index (χ4n) is 2.55. The van der Waals surface area contributed by atoms with Crippen molar-refractivity contribution >= 4 is 23.2 Å². The molecule has 5 nitrogen and oxygen atoms in total. The van der Waals surface area contributed by atoms with E-state index in [2.05, 4.69) is 15.6 Å². The van der Waals surface area contributed by atoms with Crippen LogP contribution in [0.25, 0.3) is 0 Å². The summed E-state index contributed by atoms with van der Waals surface area (Å²) in [6.45, 7) is 3.84. The van der Waals surface area contributed by atoms with Crippen molar-refractivity contribution in [1.82, 2.24) is 4.98 Å². The number of halogens is 2. The Labute approximate surface area is 160 Å². The highest BCUT2D eigenvalue weighted by Gasteiger charge is 2.15. The van der Waals surface area contributed by atoms with Crippen LogP contribution in [0.4, 0.5) is 20.2 Å². The van der Waals surface area contributed by atoms with Gasteiger partial charge in [0.15, 0.2) is 0 Å². The topological polar surface area (TPSA) is 71.1 Å². The first-order chi connectivity index (χ1) is 13.3. The van der Waals surface area contributed by atoms with Crippen LogP contribution >= 0.6 is 0 Å². The molecule has 2 aromatic carbocycles. The molecule has 0 unspecified atom stereocenters. The highest BCUT2D eigenvalue weighted by Crippen LogP contribution is 2.19. The number of hydrogen-bond donors (Lipinski definition) is 2. The van der Waals surface area contributed by atoms with E-state index < -0.39 is 23.4 Å². The summed E-state index contributed by atoms with van der Waals surface area (Å²) < 4.78 is 26.7. The van der Waals surface area contributed by atoms with E-state index in [1.54, 1.807) is 6.07 Å². The van der Waals surface area contributed by atoms with Gasteiger partial charge >= 0.3 is 0 Å². The monoisotopic (exact) mass is 381 g/mol. The summed E-state index contributed by atoms with van der Waals surface area (Å²) in [4.78, 5) is 28.8. The molecule has 0 aliphatic heterocycles. The Morgan fingerprint density at radius 1 is 0.893 bits per heavy atom. The maximum absolute atomic E-state index is 13.7. The lowest BCUT2D eigenvalue weighted by Crippen LogP contribution is -2.18. The molecule has 1 aromatic heterocycles. The number of carbonyl (C=O) groups excluding carboxylic acids is 2. The maximum atomic E-state index is 13.7. The minimum atomic E-state index is -0.905. The Kier molecular flexibility index (Phi) is 5.44. The van der Waals surface area contributed by atoms with Crippen LogP contribution in [0.3, 0.4) is 0 Å². The van der Waals surface area contributed by atoms with Gasteiger partial charge in [-0.2, -0.15) is 0 Å². The first-order valence-electron chi connectivity index (χ1n) is 8.45. The number of amides is 2. The van der Waals surface area contributed by atoms with Gasteiger partial charge in [-0.3, -0.25) is 14.6 Å². The van der Waals surface area contributed by atoms with Crippen molar-refractivity contribution in [3.63, 3.8) is 0 Å². The van der Waals surface area contributed by atoms with Crippen LogP contribution in [0.15, 0.2) is 54.7 Å². The van der Waals surface area contributed by atoms with Crippen molar-refractivity contribution in [2.24, 2.45) is 0 Å². The van der Waals surface area contributed by atoms with Gasteiger partial charge in [-0.1, -0.05) is 12.1 Å². The summed E-state index contributed by atoms with van der Waals surface area (Å²) in [7, 11) is 0. The van der Waals surface area contributed by atoms with Gasteiger partial charge in [0.1, 0.15) is 17.3 Å². The highest BCUT2D eigenvalue weighted by molar-refractivity contribution is 6.08. The van der Waals surface area contributed by atoms with Gasteiger partial charge in [0, 0.05) is 23.5 Å². The van der Waals surface area contributed by atoms with Crippen LogP contribution in [-0.4, -0.2) is 16.8 Å². The summed E-state index contributed by atoms with van der Waals surface area (Å²) in [6, 6.07) is 11.1. The van der Waals surface area contributed by atoms with Crippen molar-refractivity contribution in [3.8, 4) is 0 Å². The standard InChI is InChI=1S/C21H17F2N3O2/c1-12-4-3-5-17(13(12)2)25-20(27)14-8-9-24-19(10-14)21(28)26-18-7-6-15(22)11-16(18)23/h3-11H,1-2H3,(H,25,27)(H,26,28). The molecule has 28 heavy (non-hydrogen) atoms. The molecule has 1 heterocycles. The zero-order valence-corrected chi connectivity index (χ0v) is 15.2. The van der Waals surface area contributed by atoms with E-state index in [-0.39, 0.29) is 16.9 Å². The molecule has 2 amide bonds. The summed E-state index contributed by atoms with van der Waals surface area (Å²) in [6.07, 6.45) is 1.31. The Morgan fingerprint density at radius 3 is 2.39 bits per heavy atom. The third-order valence-electron chi connectivity index (χ3n) is 4.29. The molecule has 0 saturated heterocycles. The predicted octanol–water partition coefficient (Wildman–Crippen LogP) is 4.48. The molecular formula is C21H17F2N3O2. The molecule has 2 N–H and O–H groups in total. The zero-order valence-electron chi connectivity index (χ0n) is 15.2. The van der Waals surface area contributed by atoms with E-state index in [1.807, 2.05) is 26.0 Å². The van der Waals surface area contributed by atoms with Crippen LogP contribution in [0.5, 0.6) is 0 Å². The number of aromatic nitrogens is 1. The van der Waals surface area contributed by atoms with E-state index in [0.29, 0.717) is 11.8 Å². The smallest absolute Gasteiger partial charge is 0.274 e. The van der Waals surface area contributed by atoms with Crippen LogP contribution in [0.1, 0.15) is 32.0 Å². The lowest BCUT2D eigenvalue weighted by molar-refractivity contribution is 0.102. The number of aryl methyl sites for hydroxylation is 1. The number of anilines is 2. The normalized spacial score (nSPS) is 10.4. The average Bonchev–Trinajstić information content (AvgIpc) is 2.67. The van der Waals surface area contributed by atoms with Gasteiger partial charge in [0.05, 0.1) is 5.69 Å². The molecule has 142 valence electrons. The second-order valence-corrected chi connectivity index (χ2v) is 6.21. The van der Waals surface area contributed by atoms with Crippen molar-refractivity contribution in [2.45, 2.75) is 13.8 Å². The van der Waals surface area contributed by atoms with Gasteiger partial charge < -0.3 is 10.6 Å². The van der Waals surface area contributed by atoms with E-state index in [0.717, 1.165) is 23.3 Å². The fraction of sp³-hybridized carbons (Fsp3) is 0.0952. The van der Waals surface area contributed by atoms with Crippen LogP contribution in [0.2, 0.25) is 0 Å². The molecule has 0 atom stereocenters.